The van der Waals surface area contributed by atoms with Crippen LogP contribution in [0.3, 0.4) is 0 Å². The van der Waals surface area contributed by atoms with Crippen LogP contribution >= 0.6 is 23.5 Å². The van der Waals surface area contributed by atoms with Crippen LogP contribution in [0.1, 0.15) is 17.3 Å². The van der Waals surface area contributed by atoms with E-state index in [2.05, 4.69) is 9.71 Å². The molecule has 0 aliphatic carbocycles. The predicted octanol–water partition coefficient (Wildman–Crippen LogP) is 3.72. The van der Waals surface area contributed by atoms with Gasteiger partial charge < -0.3 is 19.1 Å². The molecule has 132 valence electrons. The number of nitrogens with one attached hydrogen (secondary N) is 1. The molecule has 1 N–H and O–H groups in total. The predicted molar refractivity (Wildman–Crippen MR) is 98.8 cm³/mol. The molecule has 1 aliphatic heterocycles. The van der Waals surface area contributed by atoms with Crippen LogP contribution in [0, 0.1) is 0 Å². The molecule has 1 aliphatic rings. The Morgan fingerprint density at radius 1 is 1.44 bits per heavy atom. The standard InChI is InChI=1S/C17H18ClN3O3S/c1-10-9-21(2)17(22)13-7-12(8-19-16(13)24-10)20-25-15-6-11(18)4-5-14(15)23-3/h4-8,10,20H,9H2,1-3H3. The number of aromatic nitrogens is 1. The number of methoxy groups -OCH3 is 1. The Morgan fingerprint density at radius 3 is 3.00 bits per heavy atom. The van der Waals surface area contributed by atoms with Crippen molar-refractivity contribution in [2.45, 2.75) is 17.9 Å². The lowest BCUT2D eigenvalue weighted by Gasteiger charge is -2.15. The molecule has 1 unspecified atom stereocenters. The third kappa shape index (κ3) is 3.93. The molecule has 0 radical (unpaired) electrons. The average molecular weight is 380 g/mol. The van der Waals surface area contributed by atoms with Crippen LogP contribution in [-0.4, -0.2) is 42.6 Å². The first-order valence-electron chi connectivity index (χ1n) is 7.66. The zero-order valence-corrected chi connectivity index (χ0v) is 15.6. The Labute approximate surface area is 155 Å². The lowest BCUT2D eigenvalue weighted by atomic mass is 10.2. The second-order valence-electron chi connectivity index (χ2n) is 5.69. The van der Waals surface area contributed by atoms with Crippen LogP contribution in [-0.2, 0) is 0 Å². The highest BCUT2D eigenvalue weighted by Gasteiger charge is 2.26. The number of hydrogen-bond donors (Lipinski definition) is 1. The molecule has 1 aromatic carbocycles. The van der Waals surface area contributed by atoms with Gasteiger partial charge in [0.25, 0.3) is 5.91 Å². The van der Waals surface area contributed by atoms with Crippen molar-refractivity contribution >= 4 is 35.1 Å². The number of amides is 1. The minimum Gasteiger partial charge on any atom is -0.496 e. The molecular weight excluding hydrogens is 362 g/mol. The van der Waals surface area contributed by atoms with Crippen LogP contribution in [0.4, 0.5) is 5.69 Å². The summed E-state index contributed by atoms with van der Waals surface area (Å²) in [5, 5.41) is 0.615. The van der Waals surface area contributed by atoms with Gasteiger partial charge in [0.2, 0.25) is 5.88 Å². The van der Waals surface area contributed by atoms with Crippen molar-refractivity contribution in [1.82, 2.24) is 9.88 Å². The van der Waals surface area contributed by atoms with Gasteiger partial charge in [-0.15, -0.1) is 0 Å². The monoisotopic (exact) mass is 379 g/mol. The minimum absolute atomic E-state index is 0.105. The van der Waals surface area contributed by atoms with Gasteiger partial charge in [-0.2, -0.15) is 0 Å². The Kier molecular flexibility index (Phi) is 5.24. The highest BCUT2D eigenvalue weighted by Crippen LogP contribution is 2.33. The zero-order chi connectivity index (χ0) is 18.0. The Bertz CT molecular complexity index is 803. The molecule has 6 nitrogen and oxygen atoms in total. The van der Waals surface area contributed by atoms with Gasteiger partial charge in [-0.3, -0.25) is 4.79 Å². The number of anilines is 1. The zero-order valence-electron chi connectivity index (χ0n) is 14.1. The fourth-order valence-electron chi connectivity index (χ4n) is 2.50. The van der Waals surface area contributed by atoms with Crippen molar-refractivity contribution < 1.29 is 14.3 Å². The van der Waals surface area contributed by atoms with Gasteiger partial charge in [0, 0.05) is 12.1 Å². The van der Waals surface area contributed by atoms with E-state index in [0.29, 0.717) is 34.4 Å². The molecule has 1 atom stereocenters. The smallest absolute Gasteiger partial charge is 0.259 e. The molecule has 25 heavy (non-hydrogen) atoms. The summed E-state index contributed by atoms with van der Waals surface area (Å²) in [5.74, 6) is 0.955. The molecular formula is C17H18ClN3O3S. The average Bonchev–Trinajstić information content (AvgIpc) is 2.69. The number of pyridine rings is 1. The number of benzene rings is 1. The van der Waals surface area contributed by atoms with E-state index in [1.54, 1.807) is 49.5 Å². The molecule has 0 fully saturated rings. The summed E-state index contributed by atoms with van der Waals surface area (Å²) < 4.78 is 14.2. The summed E-state index contributed by atoms with van der Waals surface area (Å²) in [6.07, 6.45) is 1.53. The maximum absolute atomic E-state index is 12.5. The molecule has 8 heteroatoms. The summed E-state index contributed by atoms with van der Waals surface area (Å²) >= 11 is 7.37. The lowest BCUT2D eigenvalue weighted by molar-refractivity contribution is 0.0769. The van der Waals surface area contributed by atoms with E-state index in [-0.39, 0.29) is 12.0 Å². The second-order valence-corrected chi connectivity index (χ2v) is 6.97. The van der Waals surface area contributed by atoms with Crippen molar-refractivity contribution in [3.05, 3.63) is 41.0 Å². The maximum Gasteiger partial charge on any atom is 0.259 e. The van der Waals surface area contributed by atoms with E-state index in [0.717, 1.165) is 4.90 Å². The van der Waals surface area contributed by atoms with Crippen molar-refractivity contribution in [3.63, 3.8) is 0 Å². The number of hydrogen-bond acceptors (Lipinski definition) is 6. The van der Waals surface area contributed by atoms with Crippen LogP contribution < -0.4 is 14.2 Å². The number of ether oxygens (including phenoxy) is 2. The van der Waals surface area contributed by atoms with Crippen molar-refractivity contribution in [2.75, 3.05) is 25.4 Å². The van der Waals surface area contributed by atoms with Gasteiger partial charge >= 0.3 is 0 Å². The number of likely N-dealkylation sites (N-methyl/N-ethyl adjacent to an activating group) is 1. The summed E-state index contributed by atoms with van der Waals surface area (Å²) in [6.45, 7) is 2.43. The quantitative estimate of drug-likeness (QED) is 0.817. The number of carbonyl (C=O) groups is 1. The third-order valence-corrected chi connectivity index (χ3v) is 4.79. The summed E-state index contributed by atoms with van der Waals surface area (Å²) in [7, 11) is 3.35. The molecule has 0 bridgehead atoms. The number of rotatable bonds is 4. The fraction of sp³-hybridized carbons (Fsp3) is 0.294. The van der Waals surface area contributed by atoms with E-state index in [9.17, 15) is 4.79 Å². The molecule has 2 heterocycles. The highest BCUT2D eigenvalue weighted by molar-refractivity contribution is 8.00. The van der Waals surface area contributed by atoms with Gasteiger partial charge in [-0.05, 0) is 43.1 Å². The molecule has 1 aromatic heterocycles. The Hall–Kier alpha value is -2.12. The molecule has 3 rings (SSSR count). The first kappa shape index (κ1) is 17.7. The largest absolute Gasteiger partial charge is 0.496 e. The lowest BCUT2D eigenvalue weighted by Crippen LogP contribution is -2.32. The van der Waals surface area contributed by atoms with Crippen LogP contribution in [0.2, 0.25) is 5.02 Å². The summed E-state index contributed by atoms with van der Waals surface area (Å²) in [5.41, 5.74) is 1.13. The van der Waals surface area contributed by atoms with E-state index < -0.39 is 0 Å². The van der Waals surface area contributed by atoms with Crippen molar-refractivity contribution in [3.8, 4) is 11.6 Å². The van der Waals surface area contributed by atoms with E-state index in [1.807, 2.05) is 6.92 Å². The van der Waals surface area contributed by atoms with E-state index in [1.165, 1.54) is 11.9 Å². The number of halogens is 1. The van der Waals surface area contributed by atoms with E-state index in [4.69, 9.17) is 21.1 Å². The van der Waals surface area contributed by atoms with Crippen molar-refractivity contribution in [2.24, 2.45) is 0 Å². The normalized spacial score (nSPS) is 16.7. The van der Waals surface area contributed by atoms with Gasteiger partial charge in [0.1, 0.15) is 17.4 Å². The second kappa shape index (κ2) is 7.41. The molecule has 2 aromatic rings. The van der Waals surface area contributed by atoms with Crippen LogP contribution in [0.25, 0.3) is 0 Å². The first-order chi connectivity index (χ1) is 12.0. The van der Waals surface area contributed by atoms with Gasteiger partial charge in [0.05, 0.1) is 30.4 Å². The Balaban J connectivity index is 1.82. The minimum atomic E-state index is -0.110. The van der Waals surface area contributed by atoms with Gasteiger partial charge in [-0.1, -0.05) is 11.6 Å². The molecule has 1 amide bonds. The van der Waals surface area contributed by atoms with Crippen LogP contribution in [0.5, 0.6) is 11.6 Å². The van der Waals surface area contributed by atoms with Gasteiger partial charge in [0.15, 0.2) is 0 Å². The number of carbonyl (C=O) groups excluding carboxylic acids is 1. The van der Waals surface area contributed by atoms with Crippen LogP contribution in [0.15, 0.2) is 35.4 Å². The van der Waals surface area contributed by atoms with Crippen molar-refractivity contribution in [1.29, 1.82) is 0 Å². The third-order valence-electron chi connectivity index (χ3n) is 3.68. The SMILES string of the molecule is COc1ccc(Cl)cc1SNc1cnc2c(c1)C(=O)N(C)CC(C)O2. The molecule has 0 saturated heterocycles. The first-order valence-corrected chi connectivity index (χ1v) is 8.86. The highest BCUT2D eigenvalue weighted by atomic mass is 35.5. The Morgan fingerprint density at radius 2 is 2.24 bits per heavy atom. The topological polar surface area (TPSA) is 63.7 Å². The maximum atomic E-state index is 12.5. The fourth-order valence-corrected chi connectivity index (χ4v) is 3.52. The number of nitrogens with zero attached hydrogens (tertiary/aromatic N) is 2. The number of fused-ring (bicyclic) bond motifs is 1. The van der Waals surface area contributed by atoms with E-state index >= 15 is 0 Å². The molecule has 0 spiro atoms. The van der Waals surface area contributed by atoms with Gasteiger partial charge in [-0.25, -0.2) is 4.98 Å². The summed E-state index contributed by atoms with van der Waals surface area (Å²) in [6, 6.07) is 7.11. The summed E-state index contributed by atoms with van der Waals surface area (Å²) in [4.78, 5) is 19.2. The molecule has 0 saturated carbocycles.